The first kappa shape index (κ1) is 9.11. The fraction of sp³-hybridized carbons (Fsp3) is 0. The molecule has 0 aliphatic rings. The molecule has 5 nitrogen and oxygen atoms in total. The average Bonchev–Trinajstić information content (AvgIpc) is 2.17. The zero-order chi connectivity index (χ0) is 9.84. The molecule has 1 rings (SSSR count). The van der Waals surface area contributed by atoms with E-state index in [1.807, 2.05) is 0 Å². The highest BCUT2D eigenvalue weighted by atomic mass is 19.2. The van der Waals surface area contributed by atoms with E-state index in [0.717, 1.165) is 11.6 Å². The van der Waals surface area contributed by atoms with Crippen LogP contribution in [0.1, 0.15) is 10.4 Å². The number of nitro benzene ring substituents is 1. The second-order valence-corrected chi connectivity index (χ2v) is 2.23. The van der Waals surface area contributed by atoms with Crippen molar-refractivity contribution in [1.29, 1.82) is 0 Å². The van der Waals surface area contributed by atoms with Gasteiger partial charge in [0.2, 0.25) is 0 Å². The highest BCUT2D eigenvalue weighted by Gasteiger charge is 2.10. The Hall–Kier alpha value is -1.98. The number of carbonyl (C=O) groups is 1. The van der Waals surface area contributed by atoms with E-state index in [0.29, 0.717) is 0 Å². The van der Waals surface area contributed by atoms with Crippen LogP contribution in [0.4, 0.5) is 10.2 Å². The number of carbonyl (C=O) groups excluding carboxylic acids is 1. The number of hydrogen-bond donors (Lipinski definition) is 1. The molecule has 0 aliphatic carbocycles. The fourth-order valence-electron chi connectivity index (χ4n) is 0.815. The Morgan fingerprint density at radius 1 is 1.54 bits per heavy atom. The first-order valence-corrected chi connectivity index (χ1v) is 3.30. The lowest BCUT2D eigenvalue weighted by molar-refractivity contribution is -0.384. The van der Waals surface area contributed by atoms with Crippen molar-refractivity contribution in [1.82, 2.24) is 5.54 Å². The molecule has 1 amide bonds. The Bertz CT molecular complexity index is 353. The Kier molecular flexibility index (Phi) is 2.53. The van der Waals surface area contributed by atoms with Crippen molar-refractivity contribution in [3.63, 3.8) is 0 Å². The fourth-order valence-corrected chi connectivity index (χ4v) is 0.815. The molecule has 0 heterocycles. The minimum atomic E-state index is -0.997. The second kappa shape index (κ2) is 3.61. The third-order valence-electron chi connectivity index (χ3n) is 1.40. The molecule has 0 radical (unpaired) electrons. The number of nitrogens with zero attached hydrogens (tertiary/aromatic N) is 1. The molecule has 0 aromatic heterocycles. The largest absolute Gasteiger partial charge is 0.279 e. The van der Waals surface area contributed by atoms with Gasteiger partial charge in [-0.25, -0.2) is 0 Å². The Labute approximate surface area is 72.3 Å². The summed E-state index contributed by atoms with van der Waals surface area (Å²) in [6, 6.07) is 4.80. The lowest BCUT2D eigenvalue weighted by Crippen LogP contribution is -2.13. The molecule has 1 aromatic rings. The van der Waals surface area contributed by atoms with Crippen LogP contribution in [0, 0.1) is 10.1 Å². The molecule has 1 aromatic carbocycles. The molecule has 68 valence electrons. The normalized spacial score (nSPS) is 9.31. The van der Waals surface area contributed by atoms with Crippen LogP contribution < -0.4 is 5.54 Å². The maximum Gasteiger partial charge on any atom is 0.279 e. The SMILES string of the molecule is O=C(NF)c1cccc([N+](=O)[O-])c1. The van der Waals surface area contributed by atoms with Crippen molar-refractivity contribution < 1.29 is 14.2 Å². The van der Waals surface area contributed by atoms with Crippen molar-refractivity contribution >= 4 is 11.6 Å². The van der Waals surface area contributed by atoms with Gasteiger partial charge in [0, 0.05) is 17.7 Å². The molecule has 0 unspecified atom stereocenters. The molecule has 0 atom stereocenters. The van der Waals surface area contributed by atoms with Crippen LogP contribution in [0.3, 0.4) is 0 Å². The van der Waals surface area contributed by atoms with Gasteiger partial charge in [-0.3, -0.25) is 14.9 Å². The van der Waals surface area contributed by atoms with Gasteiger partial charge in [0.25, 0.3) is 11.6 Å². The number of non-ortho nitro benzene ring substituents is 1. The molecular formula is C7H5FN2O3. The highest BCUT2D eigenvalue weighted by molar-refractivity contribution is 5.93. The number of halogens is 1. The Morgan fingerprint density at radius 2 is 2.23 bits per heavy atom. The molecule has 0 saturated carbocycles. The van der Waals surface area contributed by atoms with E-state index in [4.69, 9.17) is 0 Å². The topological polar surface area (TPSA) is 72.2 Å². The number of nitrogens with one attached hydrogen (secondary N) is 1. The van der Waals surface area contributed by atoms with Crippen LogP contribution in [0.5, 0.6) is 0 Å². The summed E-state index contributed by atoms with van der Waals surface area (Å²) in [5.41, 5.74) is 0.550. The minimum Gasteiger partial charge on any atom is -0.267 e. The maximum absolute atomic E-state index is 11.6. The predicted octanol–water partition coefficient (Wildman–Crippen LogP) is 1.21. The lowest BCUT2D eigenvalue weighted by Gasteiger charge is -1.95. The van der Waals surface area contributed by atoms with E-state index in [9.17, 15) is 19.4 Å². The molecule has 0 spiro atoms. The summed E-state index contributed by atoms with van der Waals surface area (Å²) in [6.45, 7) is 0. The summed E-state index contributed by atoms with van der Waals surface area (Å²) in [5, 5.41) is 10.2. The quantitative estimate of drug-likeness (QED) is 0.426. The van der Waals surface area contributed by atoms with Crippen LogP contribution in [0.2, 0.25) is 0 Å². The monoisotopic (exact) mass is 184 g/mol. The Balaban J connectivity index is 3.05. The van der Waals surface area contributed by atoms with Gasteiger partial charge in [-0.1, -0.05) is 10.5 Å². The number of rotatable bonds is 2. The zero-order valence-corrected chi connectivity index (χ0v) is 6.36. The summed E-state index contributed by atoms with van der Waals surface area (Å²) in [4.78, 5) is 20.3. The summed E-state index contributed by atoms with van der Waals surface area (Å²) in [7, 11) is 0. The van der Waals surface area contributed by atoms with Gasteiger partial charge in [-0.2, -0.15) is 5.54 Å². The number of hydrogen-bond acceptors (Lipinski definition) is 3. The van der Waals surface area contributed by atoms with Crippen LogP contribution in [0.15, 0.2) is 24.3 Å². The molecule has 0 bridgehead atoms. The van der Waals surface area contributed by atoms with Crippen molar-refractivity contribution in [3.8, 4) is 0 Å². The first-order chi connectivity index (χ1) is 6.15. The summed E-state index contributed by atoms with van der Waals surface area (Å²) in [5.74, 6) is -0.997. The van der Waals surface area contributed by atoms with Crippen molar-refractivity contribution in [2.75, 3.05) is 0 Å². The maximum atomic E-state index is 11.6. The van der Waals surface area contributed by atoms with E-state index in [1.54, 1.807) is 0 Å². The molecule has 0 aliphatic heterocycles. The van der Waals surface area contributed by atoms with Crippen molar-refractivity contribution in [3.05, 3.63) is 39.9 Å². The number of amides is 1. The van der Waals surface area contributed by atoms with Gasteiger partial charge in [0.05, 0.1) is 4.92 Å². The van der Waals surface area contributed by atoms with Crippen LogP contribution >= 0.6 is 0 Å². The molecule has 1 N–H and O–H groups in total. The Morgan fingerprint density at radius 3 is 2.77 bits per heavy atom. The molecule has 6 heteroatoms. The molecule has 0 saturated heterocycles. The van der Waals surface area contributed by atoms with E-state index >= 15 is 0 Å². The van der Waals surface area contributed by atoms with Crippen LogP contribution in [0.25, 0.3) is 0 Å². The number of benzene rings is 1. The van der Waals surface area contributed by atoms with E-state index in [1.165, 1.54) is 18.2 Å². The van der Waals surface area contributed by atoms with Gasteiger partial charge in [0.15, 0.2) is 0 Å². The third kappa shape index (κ3) is 1.98. The first-order valence-electron chi connectivity index (χ1n) is 3.30. The molecule has 13 heavy (non-hydrogen) atoms. The van der Waals surface area contributed by atoms with E-state index in [2.05, 4.69) is 0 Å². The van der Waals surface area contributed by atoms with Gasteiger partial charge >= 0.3 is 0 Å². The van der Waals surface area contributed by atoms with Crippen LogP contribution in [-0.4, -0.2) is 10.8 Å². The highest BCUT2D eigenvalue weighted by Crippen LogP contribution is 2.12. The summed E-state index contributed by atoms with van der Waals surface area (Å²) >= 11 is 0. The van der Waals surface area contributed by atoms with Gasteiger partial charge in [-0.15, -0.1) is 0 Å². The van der Waals surface area contributed by atoms with Crippen LogP contribution in [-0.2, 0) is 0 Å². The van der Waals surface area contributed by atoms with Gasteiger partial charge < -0.3 is 0 Å². The molecular weight excluding hydrogens is 179 g/mol. The standard InChI is InChI=1S/C7H5FN2O3/c8-9-7(11)5-2-1-3-6(4-5)10(12)13/h1-4H,(H,9,11). The van der Waals surface area contributed by atoms with Gasteiger partial charge in [0.1, 0.15) is 0 Å². The average molecular weight is 184 g/mol. The third-order valence-corrected chi connectivity index (χ3v) is 1.40. The van der Waals surface area contributed by atoms with Crippen molar-refractivity contribution in [2.45, 2.75) is 0 Å². The predicted molar refractivity (Wildman–Crippen MR) is 41.7 cm³/mol. The summed E-state index contributed by atoms with van der Waals surface area (Å²) in [6.07, 6.45) is 0. The number of nitro groups is 1. The van der Waals surface area contributed by atoms with E-state index in [-0.39, 0.29) is 11.3 Å². The summed E-state index contributed by atoms with van der Waals surface area (Å²) < 4.78 is 11.6. The molecule has 0 fully saturated rings. The second-order valence-electron chi connectivity index (χ2n) is 2.23. The van der Waals surface area contributed by atoms with Crippen molar-refractivity contribution in [2.24, 2.45) is 0 Å². The van der Waals surface area contributed by atoms with E-state index < -0.39 is 10.8 Å². The minimum absolute atomic E-state index is 0.0864. The zero-order valence-electron chi connectivity index (χ0n) is 6.36. The van der Waals surface area contributed by atoms with Gasteiger partial charge in [-0.05, 0) is 6.07 Å². The smallest absolute Gasteiger partial charge is 0.267 e. The lowest BCUT2D eigenvalue weighted by atomic mass is 10.2.